The molecular weight excluding hydrogens is 318 g/mol. The van der Waals surface area contributed by atoms with E-state index in [0.717, 1.165) is 19.3 Å². The molecule has 0 aromatic heterocycles. The zero-order valence-electron chi connectivity index (χ0n) is 15.1. The molecule has 2 aliphatic heterocycles. The standard InChI is InChI=1S/C19H25N3O3/c1-13-7-6-8-14(2)22(13)18(24)12-21-16-10-5-4-9-15(16)19(25)20(3)11-17(21)23/h4-5,9-10,13-14H,6-8,11-12H2,1-3H3/t13-,14-/m0/s1. The van der Waals surface area contributed by atoms with E-state index < -0.39 is 0 Å². The summed E-state index contributed by atoms with van der Waals surface area (Å²) >= 11 is 0. The third-order valence-corrected chi connectivity index (χ3v) is 5.22. The minimum Gasteiger partial charge on any atom is -0.336 e. The Bertz CT molecular complexity index is 693. The molecule has 0 N–H and O–H groups in total. The molecule has 1 fully saturated rings. The molecule has 2 atom stereocenters. The maximum Gasteiger partial charge on any atom is 0.256 e. The van der Waals surface area contributed by atoms with E-state index in [0.29, 0.717) is 11.3 Å². The summed E-state index contributed by atoms with van der Waals surface area (Å²) in [5, 5.41) is 0. The van der Waals surface area contributed by atoms with E-state index in [9.17, 15) is 14.4 Å². The van der Waals surface area contributed by atoms with Crippen LogP contribution in [0.1, 0.15) is 43.5 Å². The van der Waals surface area contributed by atoms with Crippen molar-refractivity contribution in [2.75, 3.05) is 25.0 Å². The van der Waals surface area contributed by atoms with Gasteiger partial charge in [-0.25, -0.2) is 0 Å². The smallest absolute Gasteiger partial charge is 0.256 e. The Morgan fingerprint density at radius 3 is 2.44 bits per heavy atom. The fourth-order valence-electron chi connectivity index (χ4n) is 3.89. The summed E-state index contributed by atoms with van der Waals surface area (Å²) in [5.41, 5.74) is 0.982. The number of carbonyl (C=O) groups is 3. The molecule has 2 heterocycles. The van der Waals surface area contributed by atoms with E-state index in [1.807, 2.05) is 4.90 Å². The van der Waals surface area contributed by atoms with Crippen molar-refractivity contribution >= 4 is 23.4 Å². The number of para-hydroxylation sites is 1. The first kappa shape index (κ1) is 17.5. The number of anilines is 1. The van der Waals surface area contributed by atoms with Gasteiger partial charge in [0.05, 0.1) is 11.3 Å². The third-order valence-electron chi connectivity index (χ3n) is 5.22. The van der Waals surface area contributed by atoms with Crippen molar-refractivity contribution in [3.05, 3.63) is 29.8 Å². The lowest BCUT2D eigenvalue weighted by Gasteiger charge is -2.40. The Labute approximate surface area is 148 Å². The summed E-state index contributed by atoms with van der Waals surface area (Å²) < 4.78 is 0. The zero-order chi connectivity index (χ0) is 18.1. The summed E-state index contributed by atoms with van der Waals surface area (Å²) in [5.74, 6) is -0.482. The summed E-state index contributed by atoms with van der Waals surface area (Å²) in [6, 6.07) is 7.36. The van der Waals surface area contributed by atoms with Gasteiger partial charge in [0.15, 0.2) is 0 Å². The number of hydrogen-bond acceptors (Lipinski definition) is 3. The molecule has 3 rings (SSSR count). The van der Waals surface area contributed by atoms with Crippen LogP contribution in [0.5, 0.6) is 0 Å². The summed E-state index contributed by atoms with van der Waals surface area (Å²) in [6.07, 6.45) is 3.10. The molecule has 0 bridgehead atoms. The number of nitrogens with zero attached hydrogens (tertiary/aromatic N) is 3. The average molecular weight is 343 g/mol. The molecule has 6 heteroatoms. The molecular formula is C19H25N3O3. The van der Waals surface area contributed by atoms with Gasteiger partial charge >= 0.3 is 0 Å². The van der Waals surface area contributed by atoms with E-state index in [1.54, 1.807) is 31.3 Å². The van der Waals surface area contributed by atoms with E-state index in [4.69, 9.17) is 0 Å². The Kier molecular flexibility index (Phi) is 4.79. The van der Waals surface area contributed by atoms with Crippen LogP contribution in [0.3, 0.4) is 0 Å². The quantitative estimate of drug-likeness (QED) is 0.824. The number of amides is 3. The van der Waals surface area contributed by atoms with Gasteiger partial charge in [0, 0.05) is 19.1 Å². The van der Waals surface area contributed by atoms with Gasteiger partial charge < -0.3 is 14.7 Å². The van der Waals surface area contributed by atoms with Gasteiger partial charge in [-0.1, -0.05) is 12.1 Å². The highest BCUT2D eigenvalue weighted by atomic mass is 16.2. The first-order chi connectivity index (χ1) is 11.9. The SMILES string of the molecule is C[C@H]1CCC[C@H](C)N1C(=O)CN1C(=O)CN(C)C(=O)c2ccccc21. The van der Waals surface area contributed by atoms with Gasteiger partial charge in [0.1, 0.15) is 13.1 Å². The Hall–Kier alpha value is -2.37. The second-order valence-corrected chi connectivity index (χ2v) is 7.09. The van der Waals surface area contributed by atoms with E-state index in [2.05, 4.69) is 13.8 Å². The van der Waals surface area contributed by atoms with Crippen LogP contribution < -0.4 is 4.90 Å². The van der Waals surface area contributed by atoms with E-state index in [1.165, 1.54) is 9.80 Å². The van der Waals surface area contributed by atoms with Crippen LogP contribution in [-0.2, 0) is 9.59 Å². The van der Waals surface area contributed by atoms with Crippen molar-refractivity contribution in [3.8, 4) is 0 Å². The van der Waals surface area contributed by atoms with Crippen LogP contribution in [-0.4, -0.2) is 59.7 Å². The molecule has 0 aliphatic carbocycles. The molecule has 0 radical (unpaired) electrons. The van der Waals surface area contributed by atoms with Gasteiger partial charge in [0.2, 0.25) is 11.8 Å². The number of likely N-dealkylation sites (N-methyl/N-ethyl adjacent to an activating group) is 1. The van der Waals surface area contributed by atoms with Crippen molar-refractivity contribution in [2.24, 2.45) is 0 Å². The molecule has 2 aliphatic rings. The predicted molar refractivity (Wildman–Crippen MR) is 95.4 cm³/mol. The van der Waals surface area contributed by atoms with Gasteiger partial charge in [0.25, 0.3) is 5.91 Å². The minimum atomic E-state index is -0.230. The molecule has 3 amide bonds. The van der Waals surface area contributed by atoms with Crippen molar-refractivity contribution in [2.45, 2.75) is 45.2 Å². The predicted octanol–water partition coefficient (Wildman–Crippen LogP) is 1.89. The summed E-state index contributed by atoms with van der Waals surface area (Å²) in [7, 11) is 1.61. The Morgan fingerprint density at radius 2 is 1.76 bits per heavy atom. The van der Waals surface area contributed by atoms with Crippen molar-refractivity contribution < 1.29 is 14.4 Å². The lowest BCUT2D eigenvalue weighted by molar-refractivity contribution is -0.136. The van der Waals surface area contributed by atoms with Crippen LogP contribution in [0.25, 0.3) is 0 Å². The number of likely N-dealkylation sites (tertiary alicyclic amines) is 1. The highest BCUT2D eigenvalue weighted by Gasteiger charge is 2.34. The monoisotopic (exact) mass is 343 g/mol. The molecule has 134 valence electrons. The van der Waals surface area contributed by atoms with Crippen molar-refractivity contribution in [1.82, 2.24) is 9.80 Å². The van der Waals surface area contributed by atoms with Crippen LogP contribution in [0, 0.1) is 0 Å². The van der Waals surface area contributed by atoms with Crippen LogP contribution in [0.15, 0.2) is 24.3 Å². The Morgan fingerprint density at radius 1 is 1.12 bits per heavy atom. The van der Waals surface area contributed by atoms with Crippen LogP contribution in [0.2, 0.25) is 0 Å². The molecule has 0 unspecified atom stereocenters. The van der Waals surface area contributed by atoms with Gasteiger partial charge in [-0.05, 0) is 45.2 Å². The number of benzene rings is 1. The number of piperidine rings is 1. The van der Waals surface area contributed by atoms with Crippen LogP contribution in [0.4, 0.5) is 5.69 Å². The summed E-state index contributed by atoms with van der Waals surface area (Å²) in [6.45, 7) is 4.07. The highest BCUT2D eigenvalue weighted by Crippen LogP contribution is 2.27. The minimum absolute atomic E-state index is 0.0219. The Balaban J connectivity index is 1.90. The topological polar surface area (TPSA) is 60.9 Å². The number of rotatable bonds is 2. The summed E-state index contributed by atoms with van der Waals surface area (Å²) in [4.78, 5) is 42.9. The lowest BCUT2D eigenvalue weighted by Crippen LogP contribution is -2.52. The van der Waals surface area contributed by atoms with Crippen molar-refractivity contribution in [1.29, 1.82) is 0 Å². The van der Waals surface area contributed by atoms with Gasteiger partial charge in [-0.15, -0.1) is 0 Å². The van der Waals surface area contributed by atoms with Crippen molar-refractivity contribution in [3.63, 3.8) is 0 Å². The first-order valence-corrected chi connectivity index (χ1v) is 8.86. The number of fused-ring (bicyclic) bond motifs is 1. The molecule has 0 spiro atoms. The van der Waals surface area contributed by atoms with E-state index >= 15 is 0 Å². The number of carbonyl (C=O) groups excluding carboxylic acids is 3. The normalized spacial score (nSPS) is 24.2. The van der Waals surface area contributed by atoms with E-state index in [-0.39, 0.29) is 42.9 Å². The van der Waals surface area contributed by atoms with Gasteiger partial charge in [-0.3, -0.25) is 14.4 Å². The molecule has 1 saturated heterocycles. The largest absolute Gasteiger partial charge is 0.336 e. The third kappa shape index (κ3) is 3.25. The van der Waals surface area contributed by atoms with Crippen LogP contribution >= 0.6 is 0 Å². The maximum atomic E-state index is 13.0. The highest BCUT2D eigenvalue weighted by molar-refractivity contribution is 6.11. The fraction of sp³-hybridized carbons (Fsp3) is 0.526. The molecule has 6 nitrogen and oxygen atoms in total. The zero-order valence-corrected chi connectivity index (χ0v) is 15.1. The molecule has 0 saturated carbocycles. The molecule has 25 heavy (non-hydrogen) atoms. The average Bonchev–Trinajstić information content (AvgIpc) is 2.66. The first-order valence-electron chi connectivity index (χ1n) is 8.86. The second-order valence-electron chi connectivity index (χ2n) is 7.09. The maximum absolute atomic E-state index is 13.0. The van der Waals surface area contributed by atoms with Gasteiger partial charge in [-0.2, -0.15) is 0 Å². The second kappa shape index (κ2) is 6.86. The molecule has 1 aromatic rings. The molecule has 1 aromatic carbocycles. The lowest BCUT2D eigenvalue weighted by atomic mass is 9.97. The fourth-order valence-corrected chi connectivity index (χ4v) is 3.89. The number of hydrogen-bond donors (Lipinski definition) is 0.